The predicted molar refractivity (Wildman–Crippen MR) is 52.9 cm³/mol. The third-order valence-corrected chi connectivity index (χ3v) is 4.34. The van der Waals surface area contributed by atoms with E-state index in [1.165, 1.54) is 6.42 Å². The molecule has 2 saturated carbocycles. The van der Waals surface area contributed by atoms with Crippen LogP contribution < -0.4 is 0 Å². The van der Waals surface area contributed by atoms with Crippen LogP contribution in [-0.4, -0.2) is 0 Å². The Bertz CT molecular complexity index is 171. The lowest BCUT2D eigenvalue weighted by Gasteiger charge is -2.14. The minimum atomic E-state index is 0.897. The van der Waals surface area contributed by atoms with Crippen LogP contribution in [0.5, 0.6) is 0 Å². The first kappa shape index (κ1) is 8.59. The second-order valence-electron chi connectivity index (χ2n) is 5.54. The van der Waals surface area contributed by atoms with Crippen molar-refractivity contribution in [2.24, 2.45) is 35.5 Å². The van der Waals surface area contributed by atoms with Gasteiger partial charge >= 0.3 is 0 Å². The van der Waals surface area contributed by atoms with E-state index in [0.717, 1.165) is 35.5 Å². The summed E-state index contributed by atoms with van der Waals surface area (Å²) in [5.41, 5.74) is 0. The second-order valence-corrected chi connectivity index (χ2v) is 5.54. The van der Waals surface area contributed by atoms with Crippen molar-refractivity contribution in [1.82, 2.24) is 0 Å². The predicted octanol–water partition coefficient (Wildman–Crippen LogP) is 3.57. The van der Waals surface area contributed by atoms with E-state index in [-0.39, 0.29) is 0 Å². The van der Waals surface area contributed by atoms with Gasteiger partial charge in [0.2, 0.25) is 0 Å². The normalized spacial score (nSPS) is 47.8. The van der Waals surface area contributed by atoms with Crippen LogP contribution in [0.1, 0.15) is 40.5 Å². The zero-order chi connectivity index (χ0) is 8.88. The van der Waals surface area contributed by atoms with Crippen molar-refractivity contribution in [3.8, 4) is 0 Å². The molecule has 70 valence electrons. The Labute approximate surface area is 76.7 Å². The maximum Gasteiger partial charge on any atom is -0.0349 e. The molecule has 0 aromatic heterocycles. The van der Waals surface area contributed by atoms with Gasteiger partial charge in [-0.25, -0.2) is 0 Å². The molecule has 0 saturated heterocycles. The van der Waals surface area contributed by atoms with Gasteiger partial charge in [-0.05, 0) is 48.3 Å². The number of hydrogen-bond acceptors (Lipinski definition) is 0. The van der Waals surface area contributed by atoms with Crippen LogP contribution in [-0.2, 0) is 0 Å². The van der Waals surface area contributed by atoms with Crippen molar-refractivity contribution in [1.29, 1.82) is 0 Å². The van der Waals surface area contributed by atoms with E-state index in [2.05, 4.69) is 27.7 Å². The maximum absolute atomic E-state index is 2.45. The minimum Gasteiger partial charge on any atom is -0.0625 e. The van der Waals surface area contributed by atoms with E-state index in [0.29, 0.717) is 0 Å². The Morgan fingerprint density at radius 2 is 1.58 bits per heavy atom. The Morgan fingerprint density at radius 1 is 1.00 bits per heavy atom. The Balaban J connectivity index is 1.80. The summed E-state index contributed by atoms with van der Waals surface area (Å²) in [7, 11) is 0. The number of rotatable bonds is 3. The average molecular weight is 166 g/mol. The van der Waals surface area contributed by atoms with Crippen LogP contribution in [0.4, 0.5) is 0 Å². The first-order valence-electron chi connectivity index (χ1n) is 5.61. The summed E-state index contributed by atoms with van der Waals surface area (Å²) in [5.74, 6) is 6.31. The van der Waals surface area contributed by atoms with Crippen LogP contribution in [0, 0.1) is 35.5 Å². The average Bonchev–Trinajstić information content (AvgIpc) is 2.81. The summed E-state index contributed by atoms with van der Waals surface area (Å²) in [4.78, 5) is 0. The van der Waals surface area contributed by atoms with Crippen molar-refractivity contribution in [3.63, 3.8) is 0 Å². The van der Waals surface area contributed by atoms with Gasteiger partial charge in [0.1, 0.15) is 0 Å². The second kappa shape index (κ2) is 2.75. The molecule has 0 aromatic carbocycles. The van der Waals surface area contributed by atoms with Gasteiger partial charge in [-0.1, -0.05) is 27.7 Å². The Kier molecular flexibility index (Phi) is 1.97. The molecule has 2 rings (SSSR count). The molecule has 5 unspecified atom stereocenters. The van der Waals surface area contributed by atoms with Gasteiger partial charge in [0.05, 0.1) is 0 Å². The summed E-state index contributed by atoms with van der Waals surface area (Å²) in [6, 6.07) is 0. The molecule has 0 radical (unpaired) electrons. The smallest absolute Gasteiger partial charge is 0.0349 e. The van der Waals surface area contributed by atoms with Crippen molar-refractivity contribution >= 4 is 0 Å². The highest BCUT2D eigenvalue weighted by atomic mass is 14.6. The largest absolute Gasteiger partial charge is 0.0625 e. The molecule has 0 spiro atoms. The topological polar surface area (TPSA) is 0 Å². The quantitative estimate of drug-likeness (QED) is 0.601. The highest BCUT2D eigenvalue weighted by Gasteiger charge is 2.53. The van der Waals surface area contributed by atoms with Crippen LogP contribution >= 0.6 is 0 Å². The lowest BCUT2D eigenvalue weighted by Crippen LogP contribution is -2.08. The maximum atomic E-state index is 2.45. The van der Waals surface area contributed by atoms with E-state index in [1.54, 1.807) is 6.42 Å². The molecule has 12 heavy (non-hydrogen) atoms. The third kappa shape index (κ3) is 1.41. The third-order valence-electron chi connectivity index (χ3n) is 4.34. The summed E-state index contributed by atoms with van der Waals surface area (Å²) >= 11 is 0. The Hall–Kier alpha value is 0. The lowest BCUT2D eigenvalue weighted by atomic mass is 9.91. The Morgan fingerprint density at radius 3 is 2.00 bits per heavy atom. The van der Waals surface area contributed by atoms with Gasteiger partial charge in [-0.2, -0.15) is 0 Å². The van der Waals surface area contributed by atoms with E-state index in [4.69, 9.17) is 0 Å². The minimum absolute atomic E-state index is 0.897. The molecule has 0 heteroatoms. The summed E-state index contributed by atoms with van der Waals surface area (Å²) < 4.78 is 0. The van der Waals surface area contributed by atoms with Crippen molar-refractivity contribution < 1.29 is 0 Å². The zero-order valence-corrected chi connectivity index (χ0v) is 8.88. The van der Waals surface area contributed by atoms with Gasteiger partial charge in [0, 0.05) is 0 Å². The molecule has 0 N–H and O–H groups in total. The van der Waals surface area contributed by atoms with Crippen molar-refractivity contribution in [3.05, 3.63) is 0 Å². The summed E-state index contributed by atoms with van der Waals surface area (Å²) in [5, 5.41) is 0. The molecule has 2 fully saturated rings. The molecule has 5 atom stereocenters. The van der Waals surface area contributed by atoms with Gasteiger partial charge in [0.15, 0.2) is 0 Å². The fraction of sp³-hybridized carbons (Fsp3) is 1.00. The molecule has 0 amide bonds. The zero-order valence-electron chi connectivity index (χ0n) is 8.88. The molecular formula is C12H22. The first-order valence-corrected chi connectivity index (χ1v) is 5.61. The molecule has 2 aliphatic rings. The van der Waals surface area contributed by atoms with Crippen LogP contribution in [0.25, 0.3) is 0 Å². The monoisotopic (exact) mass is 166 g/mol. The molecule has 0 heterocycles. The summed E-state index contributed by atoms with van der Waals surface area (Å²) in [6.07, 6.45) is 3.08. The van der Waals surface area contributed by atoms with Crippen LogP contribution in [0.2, 0.25) is 0 Å². The van der Waals surface area contributed by atoms with Crippen molar-refractivity contribution in [2.75, 3.05) is 0 Å². The fourth-order valence-electron chi connectivity index (χ4n) is 2.77. The number of hydrogen-bond donors (Lipinski definition) is 0. The van der Waals surface area contributed by atoms with E-state index < -0.39 is 0 Å². The van der Waals surface area contributed by atoms with Crippen LogP contribution in [0.15, 0.2) is 0 Å². The van der Waals surface area contributed by atoms with E-state index in [1.807, 2.05) is 0 Å². The van der Waals surface area contributed by atoms with E-state index >= 15 is 0 Å². The highest BCUT2D eigenvalue weighted by molar-refractivity contribution is 5.02. The molecular weight excluding hydrogens is 144 g/mol. The van der Waals surface area contributed by atoms with Gasteiger partial charge in [0.25, 0.3) is 0 Å². The molecule has 2 aliphatic carbocycles. The molecule has 0 nitrogen and oxygen atoms in total. The SMILES string of the molecule is CC(C)C(C)C1CC1C1CC1C. The van der Waals surface area contributed by atoms with Crippen LogP contribution in [0.3, 0.4) is 0 Å². The molecule has 0 bridgehead atoms. The molecule has 0 aliphatic heterocycles. The summed E-state index contributed by atoms with van der Waals surface area (Å²) in [6.45, 7) is 9.61. The lowest BCUT2D eigenvalue weighted by molar-refractivity contribution is 0.345. The van der Waals surface area contributed by atoms with E-state index in [9.17, 15) is 0 Å². The van der Waals surface area contributed by atoms with Gasteiger partial charge in [-0.15, -0.1) is 0 Å². The fourth-order valence-corrected chi connectivity index (χ4v) is 2.77. The first-order chi connectivity index (χ1) is 5.61. The van der Waals surface area contributed by atoms with Crippen molar-refractivity contribution in [2.45, 2.75) is 40.5 Å². The highest BCUT2D eigenvalue weighted by Crippen LogP contribution is 2.60. The van der Waals surface area contributed by atoms with Gasteiger partial charge in [-0.3, -0.25) is 0 Å². The van der Waals surface area contributed by atoms with Gasteiger partial charge < -0.3 is 0 Å². The molecule has 0 aromatic rings. The standard InChI is InChI=1S/C12H22/c1-7(2)9(4)11-6-12(11)10-5-8(10)3/h7-12H,5-6H2,1-4H3.